The van der Waals surface area contributed by atoms with Crippen molar-refractivity contribution in [2.45, 2.75) is 44.9 Å². The Labute approximate surface area is 139 Å². The van der Waals surface area contributed by atoms with Crippen LogP contribution in [-0.2, 0) is 0 Å². The molecule has 0 atom stereocenters. The predicted octanol–water partition coefficient (Wildman–Crippen LogP) is 3.79. The van der Waals surface area contributed by atoms with E-state index in [0.29, 0.717) is 11.9 Å². The van der Waals surface area contributed by atoms with E-state index in [1.54, 1.807) is 14.2 Å². The average Bonchev–Trinajstić information content (AvgIpc) is 2.53. The second-order valence-electron chi connectivity index (χ2n) is 6.13. The summed E-state index contributed by atoms with van der Waals surface area (Å²) in [7, 11) is 3.27. The second kappa shape index (κ2) is 9.28. The summed E-state index contributed by atoms with van der Waals surface area (Å²) >= 11 is 0. The van der Waals surface area contributed by atoms with E-state index >= 15 is 0 Å². The van der Waals surface area contributed by atoms with E-state index in [-0.39, 0.29) is 0 Å². The maximum absolute atomic E-state index is 6.05. The molecule has 0 radical (unpaired) electrons. The summed E-state index contributed by atoms with van der Waals surface area (Å²) in [5.41, 5.74) is 6.82. The monoisotopic (exact) mass is 319 g/mol. The molecule has 0 heterocycles. The fourth-order valence-electron chi connectivity index (χ4n) is 3.04. The summed E-state index contributed by atoms with van der Waals surface area (Å²) in [6.07, 6.45) is 9.26. The number of nitrogens with one attached hydrogen (secondary N) is 1. The molecule has 1 fully saturated rings. The highest BCUT2D eigenvalue weighted by atomic mass is 16.5. The SMILES string of the molecule is COc1ccc(OC)c(NC(N)=NCC2CCCCCCC2)c1. The number of hydrogen-bond donors (Lipinski definition) is 2. The molecule has 1 aliphatic carbocycles. The Balaban J connectivity index is 1.95. The summed E-state index contributed by atoms with van der Waals surface area (Å²) in [6.45, 7) is 0.797. The van der Waals surface area contributed by atoms with Crippen LogP contribution < -0.4 is 20.5 Å². The molecule has 23 heavy (non-hydrogen) atoms. The van der Waals surface area contributed by atoms with Gasteiger partial charge in [0.25, 0.3) is 0 Å². The molecule has 1 aromatic rings. The molecule has 0 bridgehead atoms. The Hall–Kier alpha value is -1.91. The van der Waals surface area contributed by atoms with Gasteiger partial charge in [-0.05, 0) is 30.9 Å². The average molecular weight is 319 g/mol. The summed E-state index contributed by atoms with van der Waals surface area (Å²) in [4.78, 5) is 4.53. The number of aliphatic imine (C=N–C) groups is 1. The molecule has 0 aliphatic heterocycles. The number of benzene rings is 1. The number of hydrogen-bond acceptors (Lipinski definition) is 3. The van der Waals surface area contributed by atoms with Gasteiger partial charge >= 0.3 is 0 Å². The van der Waals surface area contributed by atoms with Crippen LogP contribution in [0.25, 0.3) is 0 Å². The first kappa shape index (κ1) is 17.4. The molecule has 0 spiro atoms. The van der Waals surface area contributed by atoms with Crippen molar-refractivity contribution in [2.75, 3.05) is 26.1 Å². The molecule has 2 rings (SSSR count). The molecular formula is C18H29N3O2. The van der Waals surface area contributed by atoms with Gasteiger partial charge in [-0.3, -0.25) is 4.99 Å². The van der Waals surface area contributed by atoms with E-state index in [1.807, 2.05) is 18.2 Å². The highest BCUT2D eigenvalue weighted by Gasteiger charge is 2.11. The molecule has 1 aromatic carbocycles. The van der Waals surface area contributed by atoms with Crippen LogP contribution in [-0.4, -0.2) is 26.7 Å². The molecule has 5 nitrogen and oxygen atoms in total. The number of rotatable bonds is 5. The van der Waals surface area contributed by atoms with Gasteiger partial charge in [0.15, 0.2) is 5.96 Å². The number of nitrogens with two attached hydrogens (primary N) is 1. The van der Waals surface area contributed by atoms with Gasteiger partial charge in [-0.2, -0.15) is 0 Å². The van der Waals surface area contributed by atoms with Crippen LogP contribution in [0.5, 0.6) is 11.5 Å². The van der Waals surface area contributed by atoms with Crippen LogP contribution in [0.3, 0.4) is 0 Å². The van der Waals surface area contributed by atoms with E-state index in [4.69, 9.17) is 15.2 Å². The summed E-state index contributed by atoms with van der Waals surface area (Å²) < 4.78 is 10.6. The number of nitrogens with zero attached hydrogens (tertiary/aromatic N) is 1. The topological polar surface area (TPSA) is 68.9 Å². The lowest BCUT2D eigenvalue weighted by molar-refractivity contribution is 0.386. The maximum Gasteiger partial charge on any atom is 0.193 e. The smallest absolute Gasteiger partial charge is 0.193 e. The largest absolute Gasteiger partial charge is 0.497 e. The van der Waals surface area contributed by atoms with Gasteiger partial charge in [-0.1, -0.05) is 32.1 Å². The van der Waals surface area contributed by atoms with E-state index in [9.17, 15) is 0 Å². The van der Waals surface area contributed by atoms with E-state index in [2.05, 4.69) is 10.3 Å². The van der Waals surface area contributed by atoms with Gasteiger partial charge < -0.3 is 20.5 Å². The summed E-state index contributed by atoms with van der Waals surface area (Å²) in [6, 6.07) is 5.56. The minimum absolute atomic E-state index is 0.429. The second-order valence-corrected chi connectivity index (χ2v) is 6.13. The van der Waals surface area contributed by atoms with E-state index < -0.39 is 0 Å². The molecule has 1 saturated carbocycles. The Morgan fingerprint density at radius 3 is 2.48 bits per heavy atom. The van der Waals surface area contributed by atoms with Crippen molar-refractivity contribution in [1.82, 2.24) is 0 Å². The van der Waals surface area contributed by atoms with Crippen LogP contribution in [0.2, 0.25) is 0 Å². The summed E-state index contributed by atoms with van der Waals surface area (Å²) in [5.74, 6) is 2.55. The molecule has 0 unspecified atom stereocenters. The quantitative estimate of drug-likeness (QED) is 0.640. The third-order valence-electron chi connectivity index (χ3n) is 4.41. The highest BCUT2D eigenvalue weighted by molar-refractivity contribution is 5.94. The minimum Gasteiger partial charge on any atom is -0.497 e. The maximum atomic E-state index is 6.05. The Kier molecular flexibility index (Phi) is 7.04. The Bertz CT molecular complexity index is 509. The van der Waals surface area contributed by atoms with Crippen molar-refractivity contribution in [1.29, 1.82) is 0 Å². The highest BCUT2D eigenvalue weighted by Crippen LogP contribution is 2.28. The lowest BCUT2D eigenvalue weighted by atomic mass is 9.91. The van der Waals surface area contributed by atoms with Crippen LogP contribution in [0, 0.1) is 5.92 Å². The molecule has 0 amide bonds. The van der Waals surface area contributed by atoms with E-state index in [1.165, 1.54) is 44.9 Å². The van der Waals surface area contributed by atoms with Crippen molar-refractivity contribution in [3.05, 3.63) is 18.2 Å². The van der Waals surface area contributed by atoms with Gasteiger partial charge in [0.2, 0.25) is 0 Å². The van der Waals surface area contributed by atoms with Crippen molar-refractivity contribution >= 4 is 11.6 Å². The zero-order valence-electron chi connectivity index (χ0n) is 14.3. The first-order chi connectivity index (χ1) is 11.2. The molecule has 128 valence electrons. The van der Waals surface area contributed by atoms with Crippen molar-refractivity contribution in [3.63, 3.8) is 0 Å². The molecule has 5 heteroatoms. The third kappa shape index (κ3) is 5.66. The molecule has 1 aliphatic rings. The van der Waals surface area contributed by atoms with Crippen LogP contribution in [0.15, 0.2) is 23.2 Å². The van der Waals surface area contributed by atoms with Gasteiger partial charge in [0.05, 0.1) is 19.9 Å². The van der Waals surface area contributed by atoms with Gasteiger partial charge in [0.1, 0.15) is 11.5 Å². The van der Waals surface area contributed by atoms with Gasteiger partial charge in [-0.15, -0.1) is 0 Å². The number of guanidine groups is 1. The standard InChI is InChI=1S/C18H29N3O2/c1-22-15-10-11-17(23-2)16(12-15)21-18(19)20-13-14-8-6-4-3-5-7-9-14/h10-12,14H,3-9,13H2,1-2H3,(H3,19,20,21). The van der Waals surface area contributed by atoms with Crippen LogP contribution in [0.4, 0.5) is 5.69 Å². The summed E-state index contributed by atoms with van der Waals surface area (Å²) in [5, 5.41) is 3.13. The number of anilines is 1. The molecule has 0 aromatic heterocycles. The molecular weight excluding hydrogens is 290 g/mol. The van der Waals surface area contributed by atoms with Crippen molar-refractivity contribution < 1.29 is 9.47 Å². The van der Waals surface area contributed by atoms with Gasteiger partial charge in [0, 0.05) is 12.6 Å². The molecule has 3 N–H and O–H groups in total. The van der Waals surface area contributed by atoms with Gasteiger partial charge in [-0.25, -0.2) is 0 Å². The first-order valence-electron chi connectivity index (χ1n) is 8.52. The van der Waals surface area contributed by atoms with E-state index in [0.717, 1.165) is 23.7 Å². The number of methoxy groups -OCH3 is 2. The molecule has 0 saturated heterocycles. The van der Waals surface area contributed by atoms with Crippen molar-refractivity contribution in [2.24, 2.45) is 16.6 Å². The van der Waals surface area contributed by atoms with Crippen LogP contribution >= 0.6 is 0 Å². The lowest BCUT2D eigenvalue weighted by Crippen LogP contribution is -2.24. The number of ether oxygens (including phenoxy) is 2. The fourth-order valence-corrected chi connectivity index (χ4v) is 3.04. The zero-order valence-corrected chi connectivity index (χ0v) is 14.3. The fraction of sp³-hybridized carbons (Fsp3) is 0.611. The minimum atomic E-state index is 0.429. The third-order valence-corrected chi connectivity index (χ3v) is 4.41. The zero-order chi connectivity index (χ0) is 16.5. The lowest BCUT2D eigenvalue weighted by Gasteiger charge is -2.18. The normalized spacial score (nSPS) is 17.2. The van der Waals surface area contributed by atoms with Crippen molar-refractivity contribution in [3.8, 4) is 11.5 Å². The Morgan fingerprint density at radius 1 is 1.13 bits per heavy atom. The Morgan fingerprint density at radius 2 is 1.83 bits per heavy atom. The first-order valence-corrected chi connectivity index (χ1v) is 8.52. The van der Waals surface area contributed by atoms with Crippen LogP contribution in [0.1, 0.15) is 44.9 Å². The predicted molar refractivity (Wildman–Crippen MR) is 95.5 cm³/mol.